The van der Waals surface area contributed by atoms with E-state index in [9.17, 15) is 0 Å². The molecule has 0 radical (unpaired) electrons. The zero-order valence-corrected chi connectivity index (χ0v) is 16.9. The second-order valence-electron chi connectivity index (χ2n) is 7.03. The number of aryl methyl sites for hydroxylation is 1. The van der Waals surface area contributed by atoms with Gasteiger partial charge in [-0.05, 0) is 12.5 Å². The van der Waals surface area contributed by atoms with E-state index in [1.165, 1.54) is 5.56 Å². The Bertz CT molecular complexity index is 788. The summed E-state index contributed by atoms with van der Waals surface area (Å²) in [6.07, 6.45) is 1.79. The van der Waals surface area contributed by atoms with Gasteiger partial charge in [-0.25, -0.2) is 0 Å². The van der Waals surface area contributed by atoms with Crippen LogP contribution in [0, 0.1) is 6.92 Å². The third kappa shape index (κ3) is 6.21. The van der Waals surface area contributed by atoms with Crippen LogP contribution in [-0.4, -0.2) is 69.6 Å². The van der Waals surface area contributed by atoms with E-state index in [0.29, 0.717) is 18.3 Å². The topological polar surface area (TPSA) is 62.2 Å². The molecule has 1 aromatic carbocycles. The van der Waals surface area contributed by atoms with Crippen molar-refractivity contribution in [2.75, 3.05) is 63.9 Å². The van der Waals surface area contributed by atoms with E-state index in [1.54, 1.807) is 6.21 Å². The number of rotatable bonds is 8. The molecule has 2 aromatic rings. The lowest BCUT2D eigenvalue weighted by molar-refractivity contribution is 0.0320. The third-order valence-electron chi connectivity index (χ3n) is 4.50. The Labute approximate surface area is 167 Å². The van der Waals surface area contributed by atoms with Gasteiger partial charge >= 0.3 is 0 Å². The largest absolute Gasteiger partial charge is 0.476 e. The predicted octanol–water partition coefficient (Wildman–Crippen LogP) is 2.61. The first-order chi connectivity index (χ1) is 13.6. The van der Waals surface area contributed by atoms with Crippen LogP contribution in [0.1, 0.15) is 11.1 Å². The summed E-state index contributed by atoms with van der Waals surface area (Å²) in [5.41, 5.74) is 6.26. The molecule has 1 saturated heterocycles. The maximum Gasteiger partial charge on any atom is 0.217 e. The maximum absolute atomic E-state index is 5.91. The Morgan fingerprint density at radius 3 is 2.82 bits per heavy atom. The standard InChI is InChI=1S/C21H29N5O2/c1-17-5-4-6-18(13-17)16-22-24-20-14-19(25(2)3)15-21(23-20)28-12-9-26-7-10-27-11-8-26/h4-6,13-16H,7-12H2,1-3H3,(H,23,24)/b22-16+. The average Bonchev–Trinajstić information content (AvgIpc) is 2.69. The lowest BCUT2D eigenvalue weighted by Gasteiger charge is -2.26. The zero-order valence-electron chi connectivity index (χ0n) is 16.9. The van der Waals surface area contributed by atoms with Gasteiger partial charge in [0.2, 0.25) is 5.88 Å². The molecule has 1 aliphatic rings. The summed E-state index contributed by atoms with van der Waals surface area (Å²) in [6.45, 7) is 7.02. The van der Waals surface area contributed by atoms with Crippen molar-refractivity contribution in [3.8, 4) is 5.88 Å². The Hall–Kier alpha value is -2.64. The molecule has 7 heteroatoms. The van der Waals surface area contributed by atoms with Crippen LogP contribution in [0.15, 0.2) is 41.5 Å². The SMILES string of the molecule is Cc1cccc(/C=N/Nc2cc(N(C)C)cc(OCCN3CCOCC3)n2)c1. The number of morpholine rings is 1. The molecule has 1 aliphatic heterocycles. The van der Waals surface area contributed by atoms with Gasteiger partial charge in [0.25, 0.3) is 0 Å². The molecular formula is C21H29N5O2. The van der Waals surface area contributed by atoms with E-state index in [1.807, 2.05) is 43.3 Å². The first-order valence-electron chi connectivity index (χ1n) is 9.58. The van der Waals surface area contributed by atoms with E-state index in [2.05, 4.69) is 39.5 Å². The lowest BCUT2D eigenvalue weighted by atomic mass is 10.2. The minimum atomic E-state index is 0.590. The van der Waals surface area contributed by atoms with Crippen LogP contribution in [0.5, 0.6) is 5.88 Å². The van der Waals surface area contributed by atoms with Crippen molar-refractivity contribution in [3.63, 3.8) is 0 Å². The molecule has 0 unspecified atom stereocenters. The molecule has 28 heavy (non-hydrogen) atoms. The summed E-state index contributed by atoms with van der Waals surface area (Å²) < 4.78 is 11.3. The van der Waals surface area contributed by atoms with Crippen molar-refractivity contribution in [3.05, 3.63) is 47.5 Å². The smallest absolute Gasteiger partial charge is 0.217 e. The van der Waals surface area contributed by atoms with Gasteiger partial charge in [-0.3, -0.25) is 10.3 Å². The molecule has 0 bridgehead atoms. The van der Waals surface area contributed by atoms with Crippen molar-refractivity contribution >= 4 is 17.7 Å². The molecule has 150 valence electrons. The summed E-state index contributed by atoms with van der Waals surface area (Å²) >= 11 is 0. The maximum atomic E-state index is 5.91. The molecule has 0 aliphatic carbocycles. The molecule has 7 nitrogen and oxygen atoms in total. The van der Waals surface area contributed by atoms with Crippen molar-refractivity contribution in [2.24, 2.45) is 5.10 Å². The molecule has 0 saturated carbocycles. The van der Waals surface area contributed by atoms with Gasteiger partial charge in [0.1, 0.15) is 6.61 Å². The van der Waals surface area contributed by atoms with Crippen molar-refractivity contribution in [1.82, 2.24) is 9.88 Å². The Balaban J connectivity index is 1.61. The number of pyridine rings is 1. The van der Waals surface area contributed by atoms with Crippen LogP contribution in [0.25, 0.3) is 0 Å². The van der Waals surface area contributed by atoms with Gasteiger partial charge in [-0.2, -0.15) is 10.1 Å². The molecule has 2 heterocycles. The molecule has 1 N–H and O–H groups in total. The van der Waals surface area contributed by atoms with Crippen LogP contribution in [-0.2, 0) is 4.74 Å². The predicted molar refractivity (Wildman–Crippen MR) is 114 cm³/mol. The summed E-state index contributed by atoms with van der Waals surface area (Å²) in [4.78, 5) is 8.89. The van der Waals surface area contributed by atoms with Crippen molar-refractivity contribution in [2.45, 2.75) is 6.92 Å². The van der Waals surface area contributed by atoms with Crippen LogP contribution >= 0.6 is 0 Å². The fourth-order valence-corrected chi connectivity index (χ4v) is 2.91. The number of hydrogen-bond acceptors (Lipinski definition) is 7. The molecule has 1 aromatic heterocycles. The lowest BCUT2D eigenvalue weighted by Crippen LogP contribution is -2.38. The fraction of sp³-hybridized carbons (Fsp3) is 0.429. The highest BCUT2D eigenvalue weighted by Crippen LogP contribution is 2.22. The van der Waals surface area contributed by atoms with Crippen molar-refractivity contribution < 1.29 is 9.47 Å². The van der Waals surface area contributed by atoms with E-state index in [0.717, 1.165) is 44.1 Å². The third-order valence-corrected chi connectivity index (χ3v) is 4.50. The number of nitrogens with one attached hydrogen (secondary N) is 1. The Morgan fingerprint density at radius 1 is 1.25 bits per heavy atom. The van der Waals surface area contributed by atoms with Crippen molar-refractivity contribution in [1.29, 1.82) is 0 Å². The number of nitrogens with zero attached hydrogens (tertiary/aromatic N) is 4. The van der Waals surface area contributed by atoms with E-state index in [4.69, 9.17) is 9.47 Å². The summed E-state index contributed by atoms with van der Waals surface area (Å²) in [5, 5.41) is 4.31. The highest BCUT2D eigenvalue weighted by Gasteiger charge is 2.11. The summed E-state index contributed by atoms with van der Waals surface area (Å²) in [6, 6.07) is 12.1. The number of ether oxygens (including phenoxy) is 2. The van der Waals surface area contributed by atoms with Crippen LogP contribution in [0.2, 0.25) is 0 Å². The fourth-order valence-electron chi connectivity index (χ4n) is 2.91. The van der Waals surface area contributed by atoms with Gasteiger partial charge in [-0.15, -0.1) is 0 Å². The number of benzene rings is 1. The average molecular weight is 383 g/mol. The molecule has 0 atom stereocenters. The highest BCUT2D eigenvalue weighted by atomic mass is 16.5. The first-order valence-corrected chi connectivity index (χ1v) is 9.58. The summed E-state index contributed by atoms with van der Waals surface area (Å²) in [5.74, 6) is 1.24. The number of hydrogen-bond donors (Lipinski definition) is 1. The van der Waals surface area contributed by atoms with Gasteiger partial charge in [-0.1, -0.05) is 29.8 Å². The minimum absolute atomic E-state index is 0.590. The molecule has 0 amide bonds. The normalized spacial score (nSPS) is 15.0. The van der Waals surface area contributed by atoms with Crippen LogP contribution < -0.4 is 15.1 Å². The Morgan fingerprint density at radius 2 is 2.07 bits per heavy atom. The number of aromatic nitrogens is 1. The quantitative estimate of drug-likeness (QED) is 0.559. The van der Waals surface area contributed by atoms with E-state index < -0.39 is 0 Å². The van der Waals surface area contributed by atoms with E-state index >= 15 is 0 Å². The monoisotopic (exact) mass is 383 g/mol. The summed E-state index contributed by atoms with van der Waals surface area (Å²) in [7, 11) is 3.99. The number of hydrazone groups is 1. The van der Waals surface area contributed by atoms with Gasteiger partial charge in [0.05, 0.1) is 19.4 Å². The molecule has 3 rings (SSSR count). The zero-order chi connectivity index (χ0) is 19.8. The molecule has 1 fully saturated rings. The van der Waals surface area contributed by atoms with Crippen LogP contribution in [0.4, 0.5) is 11.5 Å². The molecule has 0 spiro atoms. The molecular weight excluding hydrogens is 354 g/mol. The first kappa shape index (κ1) is 20.1. The minimum Gasteiger partial charge on any atom is -0.476 e. The number of anilines is 2. The van der Waals surface area contributed by atoms with Gasteiger partial charge < -0.3 is 14.4 Å². The Kier molecular flexibility index (Phi) is 7.22. The van der Waals surface area contributed by atoms with Gasteiger partial charge in [0.15, 0.2) is 5.82 Å². The second-order valence-corrected chi connectivity index (χ2v) is 7.03. The van der Waals surface area contributed by atoms with Gasteiger partial charge in [0, 0.05) is 51.5 Å². The van der Waals surface area contributed by atoms with E-state index in [-0.39, 0.29) is 0 Å². The van der Waals surface area contributed by atoms with Crippen LogP contribution in [0.3, 0.4) is 0 Å². The highest BCUT2D eigenvalue weighted by molar-refractivity contribution is 5.80. The second kappa shape index (κ2) is 10.1.